The van der Waals surface area contributed by atoms with E-state index in [0.29, 0.717) is 10.1 Å². The van der Waals surface area contributed by atoms with Crippen LogP contribution in [0.2, 0.25) is 0 Å². The van der Waals surface area contributed by atoms with Crippen molar-refractivity contribution < 1.29 is 9.90 Å². The fourth-order valence-electron chi connectivity index (χ4n) is 1.32. The quantitative estimate of drug-likeness (QED) is 0.753. The highest BCUT2D eigenvalue weighted by Gasteiger charge is 2.18. The van der Waals surface area contributed by atoms with Crippen LogP contribution in [0.1, 0.15) is 28.5 Å². The Morgan fingerprint density at radius 1 is 1.56 bits per heavy atom. The van der Waals surface area contributed by atoms with Crippen molar-refractivity contribution in [3.8, 4) is 5.75 Å². The van der Waals surface area contributed by atoms with E-state index in [9.17, 15) is 9.90 Å². The number of nitrogen functional groups attached to an aromatic ring is 1. The highest BCUT2D eigenvalue weighted by molar-refractivity contribution is 7.15. The van der Waals surface area contributed by atoms with Crippen LogP contribution < -0.4 is 11.1 Å². The van der Waals surface area contributed by atoms with Crippen LogP contribution in [-0.4, -0.2) is 26.2 Å². The first kappa shape index (κ1) is 12.2. The van der Waals surface area contributed by atoms with Gasteiger partial charge < -0.3 is 16.2 Å². The van der Waals surface area contributed by atoms with Crippen molar-refractivity contribution >= 4 is 22.4 Å². The summed E-state index contributed by atoms with van der Waals surface area (Å²) in [7, 11) is 0. The van der Waals surface area contributed by atoms with Gasteiger partial charge in [0.05, 0.1) is 6.04 Å². The highest BCUT2D eigenvalue weighted by Crippen LogP contribution is 2.20. The zero-order chi connectivity index (χ0) is 13.1. The third-order valence-electron chi connectivity index (χ3n) is 2.18. The number of aromatic nitrogens is 3. The van der Waals surface area contributed by atoms with Gasteiger partial charge >= 0.3 is 0 Å². The van der Waals surface area contributed by atoms with E-state index < -0.39 is 5.91 Å². The van der Waals surface area contributed by atoms with E-state index in [-0.39, 0.29) is 17.5 Å². The lowest BCUT2D eigenvalue weighted by atomic mass is 10.3. The number of aromatic hydroxyl groups is 1. The number of carbonyl (C=O) groups excluding carboxylic acids is 1. The van der Waals surface area contributed by atoms with Crippen molar-refractivity contribution in [2.75, 3.05) is 5.73 Å². The second-order valence-corrected chi connectivity index (χ2v) is 4.59. The molecule has 2 aromatic rings. The Labute approximate surface area is 107 Å². The maximum Gasteiger partial charge on any atom is 0.274 e. The number of carbonyl (C=O) groups is 1. The molecule has 0 aliphatic carbocycles. The van der Waals surface area contributed by atoms with Crippen LogP contribution in [0, 0.1) is 0 Å². The van der Waals surface area contributed by atoms with E-state index >= 15 is 0 Å². The fourth-order valence-corrected chi connectivity index (χ4v) is 1.93. The number of nitrogens with one attached hydrogen (secondary N) is 1. The molecular weight excluding hydrogens is 254 g/mol. The maximum atomic E-state index is 11.8. The molecular formula is C10H11N5O2S. The second-order valence-electron chi connectivity index (χ2n) is 3.54. The van der Waals surface area contributed by atoms with Gasteiger partial charge in [-0.25, -0.2) is 4.98 Å². The number of nitrogens with two attached hydrogens (primary N) is 1. The van der Waals surface area contributed by atoms with Gasteiger partial charge in [0.1, 0.15) is 10.8 Å². The van der Waals surface area contributed by atoms with Crippen molar-refractivity contribution in [2.24, 2.45) is 0 Å². The van der Waals surface area contributed by atoms with Gasteiger partial charge in [-0.1, -0.05) is 11.3 Å². The molecule has 0 saturated carbocycles. The molecule has 2 rings (SSSR count). The van der Waals surface area contributed by atoms with Crippen molar-refractivity contribution in [3.63, 3.8) is 0 Å². The Hall–Kier alpha value is -2.22. The van der Waals surface area contributed by atoms with E-state index in [1.165, 1.54) is 23.6 Å². The van der Waals surface area contributed by atoms with Crippen molar-refractivity contribution in [3.05, 3.63) is 29.0 Å². The largest absolute Gasteiger partial charge is 0.505 e. The summed E-state index contributed by atoms with van der Waals surface area (Å²) < 4.78 is 0. The molecule has 0 fully saturated rings. The molecule has 0 aromatic carbocycles. The Kier molecular flexibility index (Phi) is 3.38. The topological polar surface area (TPSA) is 114 Å². The first-order valence-corrected chi connectivity index (χ1v) is 5.93. The van der Waals surface area contributed by atoms with Gasteiger partial charge in [0, 0.05) is 6.20 Å². The average Bonchev–Trinajstić information content (AvgIpc) is 2.76. The molecule has 2 aromatic heterocycles. The third kappa shape index (κ3) is 2.54. The number of nitrogens with zero attached hydrogens (tertiary/aromatic N) is 3. The summed E-state index contributed by atoms with van der Waals surface area (Å²) in [6, 6.07) is 2.59. The molecule has 1 amide bonds. The van der Waals surface area contributed by atoms with E-state index in [2.05, 4.69) is 20.5 Å². The molecule has 4 N–H and O–H groups in total. The van der Waals surface area contributed by atoms with Gasteiger partial charge in [-0.15, -0.1) is 10.2 Å². The smallest absolute Gasteiger partial charge is 0.274 e. The molecule has 0 bridgehead atoms. The summed E-state index contributed by atoms with van der Waals surface area (Å²) in [5, 5.41) is 20.6. The van der Waals surface area contributed by atoms with E-state index in [4.69, 9.17) is 5.73 Å². The van der Waals surface area contributed by atoms with Crippen LogP contribution in [0.25, 0.3) is 0 Å². The van der Waals surface area contributed by atoms with Gasteiger partial charge in [0.2, 0.25) is 5.13 Å². The molecule has 0 aliphatic heterocycles. The number of hydrogen-bond donors (Lipinski definition) is 3. The van der Waals surface area contributed by atoms with Gasteiger partial charge in [-0.05, 0) is 19.1 Å². The first-order valence-electron chi connectivity index (χ1n) is 5.11. The van der Waals surface area contributed by atoms with Gasteiger partial charge in [0.15, 0.2) is 5.69 Å². The van der Waals surface area contributed by atoms with Crippen molar-refractivity contribution in [1.82, 2.24) is 20.5 Å². The standard InChI is InChI=1S/C10H11N5O2S/c1-5(9-14-15-10(11)18-9)13-8(17)7-6(16)3-2-4-12-7/h2-5,16H,1H3,(H2,11,15)(H,13,17)/t5-/m1/s1. The molecule has 0 radical (unpaired) electrons. The summed E-state index contributed by atoms with van der Waals surface area (Å²) >= 11 is 1.20. The minimum absolute atomic E-state index is 0.0261. The van der Waals surface area contributed by atoms with E-state index in [1.807, 2.05) is 0 Å². The third-order valence-corrected chi connectivity index (χ3v) is 3.11. The maximum absolute atomic E-state index is 11.8. The Balaban J connectivity index is 2.10. The molecule has 94 valence electrons. The number of pyridine rings is 1. The lowest BCUT2D eigenvalue weighted by Gasteiger charge is -2.10. The molecule has 8 heteroatoms. The predicted molar refractivity (Wildman–Crippen MR) is 66.1 cm³/mol. The fraction of sp³-hybridized carbons (Fsp3) is 0.200. The van der Waals surface area contributed by atoms with E-state index in [0.717, 1.165) is 0 Å². The Morgan fingerprint density at radius 2 is 2.33 bits per heavy atom. The monoisotopic (exact) mass is 265 g/mol. The second kappa shape index (κ2) is 4.96. The van der Waals surface area contributed by atoms with Crippen molar-refractivity contribution in [1.29, 1.82) is 0 Å². The molecule has 0 spiro atoms. The van der Waals surface area contributed by atoms with Gasteiger partial charge in [-0.2, -0.15) is 0 Å². The zero-order valence-corrected chi connectivity index (χ0v) is 10.3. The minimum atomic E-state index is -0.477. The molecule has 1 atom stereocenters. The Bertz CT molecular complexity index is 571. The summed E-state index contributed by atoms with van der Waals surface area (Å²) in [5.74, 6) is -0.645. The minimum Gasteiger partial charge on any atom is -0.505 e. The predicted octanol–water partition coefficient (Wildman–Crippen LogP) is 0.712. The Morgan fingerprint density at radius 3 is 2.94 bits per heavy atom. The van der Waals surface area contributed by atoms with Gasteiger partial charge in [0.25, 0.3) is 5.91 Å². The lowest BCUT2D eigenvalue weighted by molar-refractivity contribution is 0.0931. The normalized spacial score (nSPS) is 12.1. The number of anilines is 1. The van der Waals surface area contributed by atoms with Gasteiger partial charge in [-0.3, -0.25) is 4.79 Å². The molecule has 0 unspecified atom stereocenters. The first-order chi connectivity index (χ1) is 8.58. The van der Waals surface area contributed by atoms with Crippen molar-refractivity contribution in [2.45, 2.75) is 13.0 Å². The highest BCUT2D eigenvalue weighted by atomic mass is 32.1. The van der Waals surface area contributed by atoms with Crippen LogP contribution in [-0.2, 0) is 0 Å². The van der Waals surface area contributed by atoms with Crippen LogP contribution in [0.5, 0.6) is 5.75 Å². The van der Waals surface area contributed by atoms with E-state index in [1.54, 1.807) is 13.0 Å². The molecule has 18 heavy (non-hydrogen) atoms. The summed E-state index contributed by atoms with van der Waals surface area (Å²) in [6.07, 6.45) is 1.43. The number of amides is 1. The van der Waals surface area contributed by atoms with Crippen LogP contribution in [0.15, 0.2) is 18.3 Å². The number of hydrogen-bond acceptors (Lipinski definition) is 7. The molecule has 0 saturated heterocycles. The summed E-state index contributed by atoms with van der Waals surface area (Å²) in [6.45, 7) is 1.75. The number of rotatable bonds is 3. The molecule has 7 nitrogen and oxygen atoms in total. The molecule has 2 heterocycles. The van der Waals surface area contributed by atoms with Crippen LogP contribution >= 0.6 is 11.3 Å². The zero-order valence-electron chi connectivity index (χ0n) is 9.49. The summed E-state index contributed by atoms with van der Waals surface area (Å²) in [4.78, 5) is 15.7. The lowest BCUT2D eigenvalue weighted by Crippen LogP contribution is -2.27. The average molecular weight is 265 g/mol. The van der Waals surface area contributed by atoms with Crippen LogP contribution in [0.4, 0.5) is 5.13 Å². The molecule has 0 aliphatic rings. The SMILES string of the molecule is C[C@@H](NC(=O)c1ncccc1O)c1nnc(N)s1. The summed E-state index contributed by atoms with van der Waals surface area (Å²) in [5.41, 5.74) is 5.44. The van der Waals surface area contributed by atoms with Crippen LogP contribution in [0.3, 0.4) is 0 Å².